The van der Waals surface area contributed by atoms with Crippen molar-refractivity contribution in [2.45, 2.75) is 43.0 Å². The molecule has 2 fully saturated rings. The molecule has 0 unspecified atom stereocenters. The van der Waals surface area contributed by atoms with E-state index < -0.39 is 0 Å². The first-order valence-corrected chi connectivity index (χ1v) is 8.20. The van der Waals surface area contributed by atoms with Gasteiger partial charge in [0.15, 0.2) is 0 Å². The van der Waals surface area contributed by atoms with Crippen molar-refractivity contribution >= 4 is 23.7 Å². The van der Waals surface area contributed by atoms with Crippen LogP contribution in [0.5, 0.6) is 0 Å². The first-order valence-electron chi connectivity index (χ1n) is 7.15. The predicted octanol–water partition coefficient (Wildman–Crippen LogP) is 0.163. The molecule has 0 radical (unpaired) electrons. The van der Waals surface area contributed by atoms with Crippen LogP contribution < -0.4 is 10.6 Å². The quantitative estimate of drug-likeness (QED) is 0.462. The Hall–Kier alpha value is -0.950. The maximum Gasteiger partial charge on any atom is 0.315 e. The van der Waals surface area contributed by atoms with Crippen molar-refractivity contribution in [2.24, 2.45) is 0 Å². The topological polar surface area (TPSA) is 81.7 Å². The summed E-state index contributed by atoms with van der Waals surface area (Å²) in [4.78, 5) is 24.5. The van der Waals surface area contributed by atoms with Gasteiger partial charge in [0.05, 0.1) is 18.7 Å². The average Bonchev–Trinajstić information content (AvgIpc) is 2.94. The van der Waals surface area contributed by atoms with Gasteiger partial charge < -0.3 is 20.6 Å². The van der Waals surface area contributed by atoms with Crippen LogP contribution >= 0.6 is 11.8 Å². The van der Waals surface area contributed by atoms with Gasteiger partial charge in [-0.2, -0.15) is 11.8 Å². The Kier molecular flexibility index (Phi) is 5.54. The van der Waals surface area contributed by atoms with E-state index in [0.29, 0.717) is 18.2 Å². The number of carbonyl (C=O) groups is 2. The van der Waals surface area contributed by atoms with E-state index in [1.165, 1.54) is 0 Å². The molecule has 2 aliphatic heterocycles. The monoisotopic (exact) mass is 301 g/mol. The van der Waals surface area contributed by atoms with E-state index >= 15 is 0 Å². The SMILES string of the molecule is CN(CCO)C(=O)CCCC[C@@H]1SC[C@@H]2NC(=O)N[C@@H]21. The van der Waals surface area contributed by atoms with Crippen LogP contribution in [0.1, 0.15) is 25.7 Å². The molecule has 3 amide bonds. The summed E-state index contributed by atoms with van der Waals surface area (Å²) in [5.41, 5.74) is 0. The Bertz CT molecular complexity index is 367. The van der Waals surface area contributed by atoms with E-state index in [0.717, 1.165) is 25.0 Å². The fraction of sp³-hybridized carbons (Fsp3) is 0.846. The zero-order valence-electron chi connectivity index (χ0n) is 11.8. The molecule has 0 aromatic rings. The van der Waals surface area contributed by atoms with Gasteiger partial charge in [-0.15, -0.1) is 0 Å². The minimum Gasteiger partial charge on any atom is -0.395 e. The number of aliphatic hydroxyl groups excluding tert-OH is 1. The lowest BCUT2D eigenvalue weighted by Crippen LogP contribution is -2.36. The molecular weight excluding hydrogens is 278 g/mol. The molecule has 0 saturated carbocycles. The van der Waals surface area contributed by atoms with Gasteiger partial charge in [-0.25, -0.2) is 4.79 Å². The molecular formula is C13H23N3O3S. The second-order valence-corrected chi connectivity index (χ2v) is 6.68. The van der Waals surface area contributed by atoms with Crippen LogP contribution in [0.25, 0.3) is 0 Å². The molecule has 3 N–H and O–H groups in total. The fourth-order valence-corrected chi connectivity index (χ4v) is 4.27. The Balaban J connectivity index is 1.62. The van der Waals surface area contributed by atoms with Crippen molar-refractivity contribution in [3.63, 3.8) is 0 Å². The van der Waals surface area contributed by atoms with Gasteiger partial charge in [-0.1, -0.05) is 6.42 Å². The molecule has 0 aromatic heterocycles. The highest BCUT2D eigenvalue weighted by atomic mass is 32.2. The highest BCUT2D eigenvalue weighted by Gasteiger charge is 2.42. The molecule has 2 saturated heterocycles. The second kappa shape index (κ2) is 7.17. The van der Waals surface area contributed by atoms with E-state index in [4.69, 9.17) is 5.11 Å². The number of fused-ring (bicyclic) bond motifs is 1. The van der Waals surface area contributed by atoms with Crippen molar-refractivity contribution < 1.29 is 14.7 Å². The molecule has 0 spiro atoms. The fourth-order valence-electron chi connectivity index (χ4n) is 2.73. The maximum absolute atomic E-state index is 11.7. The number of carbonyl (C=O) groups excluding carboxylic acids is 2. The van der Waals surface area contributed by atoms with Gasteiger partial charge in [0.25, 0.3) is 0 Å². The van der Waals surface area contributed by atoms with Gasteiger partial charge in [0.1, 0.15) is 0 Å². The summed E-state index contributed by atoms with van der Waals surface area (Å²) in [6.45, 7) is 0.412. The van der Waals surface area contributed by atoms with Crippen LogP contribution in [-0.4, -0.2) is 65.2 Å². The normalized spacial score (nSPS) is 27.9. The number of amides is 3. The highest BCUT2D eigenvalue weighted by Crippen LogP contribution is 2.33. The van der Waals surface area contributed by atoms with Crippen LogP contribution in [0, 0.1) is 0 Å². The molecule has 2 heterocycles. The molecule has 3 atom stereocenters. The first-order chi connectivity index (χ1) is 9.61. The number of unbranched alkanes of at least 4 members (excludes halogenated alkanes) is 1. The summed E-state index contributed by atoms with van der Waals surface area (Å²) in [6.07, 6.45) is 3.43. The summed E-state index contributed by atoms with van der Waals surface area (Å²) in [7, 11) is 1.72. The minimum atomic E-state index is -0.0499. The summed E-state index contributed by atoms with van der Waals surface area (Å²) in [5, 5.41) is 15.1. The number of hydrogen-bond acceptors (Lipinski definition) is 4. The molecule has 6 nitrogen and oxygen atoms in total. The Morgan fingerprint density at radius 2 is 2.25 bits per heavy atom. The number of nitrogens with zero attached hydrogens (tertiary/aromatic N) is 1. The zero-order valence-corrected chi connectivity index (χ0v) is 12.6. The molecule has 0 bridgehead atoms. The van der Waals surface area contributed by atoms with Crippen LogP contribution in [-0.2, 0) is 4.79 Å². The second-order valence-electron chi connectivity index (χ2n) is 5.41. The number of likely N-dealkylation sites (N-methyl/N-ethyl adjacent to an activating group) is 1. The van der Waals surface area contributed by atoms with Gasteiger partial charge in [0.2, 0.25) is 5.91 Å². The third-order valence-electron chi connectivity index (χ3n) is 3.93. The molecule has 20 heavy (non-hydrogen) atoms. The smallest absolute Gasteiger partial charge is 0.315 e. The van der Waals surface area contributed by atoms with Crippen molar-refractivity contribution in [2.75, 3.05) is 26.0 Å². The number of aliphatic hydroxyl groups is 1. The van der Waals surface area contributed by atoms with Crippen molar-refractivity contribution in [3.8, 4) is 0 Å². The van der Waals surface area contributed by atoms with E-state index in [-0.39, 0.29) is 30.6 Å². The number of rotatable bonds is 7. The van der Waals surface area contributed by atoms with E-state index in [1.807, 2.05) is 11.8 Å². The summed E-state index contributed by atoms with van der Waals surface area (Å²) in [5.74, 6) is 1.07. The molecule has 0 aliphatic carbocycles. The van der Waals surface area contributed by atoms with Crippen molar-refractivity contribution in [3.05, 3.63) is 0 Å². The highest BCUT2D eigenvalue weighted by molar-refractivity contribution is 8.00. The Labute approximate surface area is 123 Å². The van der Waals surface area contributed by atoms with Gasteiger partial charge in [0, 0.05) is 31.0 Å². The Morgan fingerprint density at radius 3 is 3.00 bits per heavy atom. The largest absolute Gasteiger partial charge is 0.395 e. The van der Waals surface area contributed by atoms with Crippen LogP contribution in [0.15, 0.2) is 0 Å². The average molecular weight is 301 g/mol. The van der Waals surface area contributed by atoms with E-state index in [9.17, 15) is 9.59 Å². The molecule has 114 valence electrons. The first kappa shape index (κ1) is 15.4. The number of thioether (sulfide) groups is 1. The van der Waals surface area contributed by atoms with E-state index in [2.05, 4.69) is 10.6 Å². The van der Waals surface area contributed by atoms with Crippen molar-refractivity contribution in [1.29, 1.82) is 0 Å². The van der Waals surface area contributed by atoms with Crippen molar-refractivity contribution in [1.82, 2.24) is 15.5 Å². The summed E-state index contributed by atoms with van der Waals surface area (Å²) < 4.78 is 0. The summed E-state index contributed by atoms with van der Waals surface area (Å²) >= 11 is 1.90. The van der Waals surface area contributed by atoms with Crippen LogP contribution in [0.3, 0.4) is 0 Å². The number of nitrogens with one attached hydrogen (secondary N) is 2. The number of hydrogen-bond donors (Lipinski definition) is 3. The zero-order chi connectivity index (χ0) is 14.5. The van der Waals surface area contributed by atoms with Gasteiger partial charge in [-0.05, 0) is 12.8 Å². The lowest BCUT2D eigenvalue weighted by atomic mass is 10.0. The van der Waals surface area contributed by atoms with Crippen LogP contribution in [0.2, 0.25) is 0 Å². The lowest BCUT2D eigenvalue weighted by Gasteiger charge is -2.17. The predicted molar refractivity (Wildman–Crippen MR) is 78.7 cm³/mol. The standard InChI is InChI=1S/C13H23N3O3S/c1-16(6-7-17)11(18)5-3-2-4-10-12-9(8-20-10)14-13(19)15-12/h9-10,12,17H,2-8H2,1H3,(H2,14,15,19)/t9-,10-,12-/m0/s1. The molecule has 2 rings (SSSR count). The van der Waals surface area contributed by atoms with Gasteiger partial charge in [-0.3, -0.25) is 4.79 Å². The molecule has 2 aliphatic rings. The molecule has 0 aromatic carbocycles. The number of urea groups is 1. The maximum atomic E-state index is 11.7. The van der Waals surface area contributed by atoms with E-state index in [1.54, 1.807) is 11.9 Å². The van der Waals surface area contributed by atoms with Crippen LogP contribution in [0.4, 0.5) is 4.79 Å². The van der Waals surface area contributed by atoms with Gasteiger partial charge >= 0.3 is 6.03 Å². The summed E-state index contributed by atoms with van der Waals surface area (Å²) in [6, 6.07) is 0.473. The lowest BCUT2D eigenvalue weighted by molar-refractivity contribution is -0.130. The molecule has 7 heteroatoms. The Morgan fingerprint density at radius 1 is 1.45 bits per heavy atom. The minimum absolute atomic E-state index is 0.0106. The third-order valence-corrected chi connectivity index (χ3v) is 5.44. The third kappa shape index (κ3) is 3.79.